The molecule has 1 unspecified atom stereocenters. The molecule has 0 aliphatic heterocycles. The molecule has 0 aliphatic rings. The van der Waals surface area contributed by atoms with Crippen molar-refractivity contribution in [3.05, 3.63) is 75.4 Å². The lowest BCUT2D eigenvalue weighted by Gasteiger charge is -2.19. The second kappa shape index (κ2) is 6.12. The summed E-state index contributed by atoms with van der Waals surface area (Å²) >= 11 is 9.83. The van der Waals surface area contributed by atoms with E-state index < -0.39 is 0 Å². The number of benzene rings is 2. The van der Waals surface area contributed by atoms with E-state index in [-0.39, 0.29) is 6.04 Å². The first-order valence-corrected chi connectivity index (χ1v) is 7.62. The summed E-state index contributed by atoms with van der Waals surface area (Å²) in [6.45, 7) is 0. The van der Waals surface area contributed by atoms with Crippen molar-refractivity contribution in [3.8, 4) is 0 Å². The molecule has 0 amide bonds. The van der Waals surface area contributed by atoms with Gasteiger partial charge in [0, 0.05) is 16.1 Å². The topological polar surface area (TPSA) is 50.9 Å². The van der Waals surface area contributed by atoms with Crippen LogP contribution < -0.4 is 11.3 Å². The molecule has 106 valence electrons. The standard InChI is InChI=1S/C16H13BrClN3/c17-13-5-1-4-12(15(13)18)16(21-19)11-6-7-14-10(9-11)3-2-8-20-14/h1-9,16,21H,19H2. The van der Waals surface area contributed by atoms with Gasteiger partial charge in [0.05, 0.1) is 16.6 Å². The predicted octanol–water partition coefficient (Wildman–Crippen LogP) is 4.20. The third-order valence-electron chi connectivity index (χ3n) is 3.42. The Morgan fingerprint density at radius 3 is 2.81 bits per heavy atom. The molecular formula is C16H13BrClN3. The van der Waals surface area contributed by atoms with Gasteiger partial charge in [0.2, 0.25) is 0 Å². The van der Waals surface area contributed by atoms with Crippen molar-refractivity contribution in [3.63, 3.8) is 0 Å². The molecule has 1 atom stereocenters. The molecule has 0 radical (unpaired) electrons. The summed E-state index contributed by atoms with van der Waals surface area (Å²) < 4.78 is 0.851. The van der Waals surface area contributed by atoms with Crippen LogP contribution >= 0.6 is 27.5 Å². The van der Waals surface area contributed by atoms with E-state index >= 15 is 0 Å². The van der Waals surface area contributed by atoms with Gasteiger partial charge in [-0.2, -0.15) is 0 Å². The Balaban J connectivity index is 2.11. The number of hydrogen-bond donors (Lipinski definition) is 2. The van der Waals surface area contributed by atoms with Gasteiger partial charge < -0.3 is 0 Å². The van der Waals surface area contributed by atoms with Gasteiger partial charge in [-0.05, 0) is 51.3 Å². The minimum Gasteiger partial charge on any atom is -0.271 e. The van der Waals surface area contributed by atoms with Crippen LogP contribution in [0, 0.1) is 0 Å². The highest BCUT2D eigenvalue weighted by Crippen LogP contribution is 2.33. The van der Waals surface area contributed by atoms with Crippen molar-refractivity contribution in [1.82, 2.24) is 10.4 Å². The van der Waals surface area contributed by atoms with Crippen molar-refractivity contribution in [1.29, 1.82) is 0 Å². The van der Waals surface area contributed by atoms with Crippen molar-refractivity contribution < 1.29 is 0 Å². The molecule has 0 saturated carbocycles. The van der Waals surface area contributed by atoms with Gasteiger partial charge in [0.15, 0.2) is 0 Å². The van der Waals surface area contributed by atoms with E-state index in [9.17, 15) is 0 Å². The average molecular weight is 363 g/mol. The number of fused-ring (bicyclic) bond motifs is 1. The Morgan fingerprint density at radius 2 is 2.00 bits per heavy atom. The van der Waals surface area contributed by atoms with Crippen molar-refractivity contribution in [2.24, 2.45) is 5.84 Å². The van der Waals surface area contributed by atoms with E-state index in [0.29, 0.717) is 5.02 Å². The first-order valence-electron chi connectivity index (χ1n) is 6.45. The summed E-state index contributed by atoms with van der Waals surface area (Å²) in [6.07, 6.45) is 1.78. The van der Waals surface area contributed by atoms with Crippen LogP contribution in [0.5, 0.6) is 0 Å². The fourth-order valence-electron chi connectivity index (χ4n) is 2.38. The lowest BCUT2D eigenvalue weighted by atomic mass is 9.98. The van der Waals surface area contributed by atoms with Crippen molar-refractivity contribution >= 4 is 38.4 Å². The summed E-state index contributed by atoms with van der Waals surface area (Å²) in [5, 5.41) is 1.73. The van der Waals surface area contributed by atoms with E-state index in [0.717, 1.165) is 26.5 Å². The van der Waals surface area contributed by atoms with Gasteiger partial charge in [-0.25, -0.2) is 5.43 Å². The molecule has 0 saturated heterocycles. The lowest BCUT2D eigenvalue weighted by molar-refractivity contribution is 0.637. The zero-order valence-electron chi connectivity index (χ0n) is 11.1. The van der Waals surface area contributed by atoms with Crippen LogP contribution in [-0.4, -0.2) is 4.98 Å². The van der Waals surface area contributed by atoms with Gasteiger partial charge >= 0.3 is 0 Å². The van der Waals surface area contributed by atoms with E-state index in [1.165, 1.54) is 0 Å². The number of aromatic nitrogens is 1. The quantitative estimate of drug-likeness (QED) is 0.542. The average Bonchev–Trinajstić information content (AvgIpc) is 2.52. The van der Waals surface area contributed by atoms with Gasteiger partial charge in [0.1, 0.15) is 0 Å². The molecule has 3 aromatic rings. The minimum absolute atomic E-state index is 0.181. The molecule has 3 rings (SSSR count). The van der Waals surface area contributed by atoms with E-state index in [1.54, 1.807) is 6.20 Å². The smallest absolute Gasteiger partial charge is 0.0725 e. The SMILES string of the molecule is NNC(c1ccc2ncccc2c1)c1cccc(Br)c1Cl. The Kier molecular flexibility index (Phi) is 4.22. The van der Waals surface area contributed by atoms with Crippen LogP contribution in [-0.2, 0) is 0 Å². The number of hydrazine groups is 1. The van der Waals surface area contributed by atoms with Crippen LogP contribution in [0.3, 0.4) is 0 Å². The van der Waals surface area contributed by atoms with Crippen LogP contribution in [0.1, 0.15) is 17.2 Å². The largest absolute Gasteiger partial charge is 0.271 e. The number of nitrogens with zero attached hydrogens (tertiary/aromatic N) is 1. The molecule has 3 N–H and O–H groups in total. The maximum absolute atomic E-state index is 6.38. The maximum Gasteiger partial charge on any atom is 0.0725 e. The molecule has 0 fully saturated rings. The van der Waals surface area contributed by atoms with Crippen LogP contribution in [0.4, 0.5) is 0 Å². The number of halogens is 2. The number of pyridine rings is 1. The fourth-order valence-corrected chi connectivity index (χ4v) is 3.00. The second-order valence-electron chi connectivity index (χ2n) is 4.70. The first-order chi connectivity index (χ1) is 10.2. The number of hydrogen-bond acceptors (Lipinski definition) is 3. The van der Waals surface area contributed by atoms with Gasteiger partial charge in [-0.3, -0.25) is 10.8 Å². The van der Waals surface area contributed by atoms with Crippen LogP contribution in [0.2, 0.25) is 5.02 Å². The zero-order valence-corrected chi connectivity index (χ0v) is 13.4. The fraction of sp³-hybridized carbons (Fsp3) is 0.0625. The van der Waals surface area contributed by atoms with E-state index in [2.05, 4.69) is 32.4 Å². The monoisotopic (exact) mass is 361 g/mol. The van der Waals surface area contributed by atoms with Gasteiger partial charge in [-0.1, -0.05) is 35.9 Å². The van der Waals surface area contributed by atoms with Gasteiger partial charge in [0.25, 0.3) is 0 Å². The Morgan fingerprint density at radius 1 is 1.14 bits per heavy atom. The molecule has 3 nitrogen and oxygen atoms in total. The van der Waals surface area contributed by atoms with Crippen LogP contribution in [0.15, 0.2) is 59.2 Å². The number of nitrogens with two attached hydrogens (primary N) is 1. The Hall–Kier alpha value is -1.46. The third-order valence-corrected chi connectivity index (χ3v) is 4.73. The van der Waals surface area contributed by atoms with Crippen LogP contribution in [0.25, 0.3) is 10.9 Å². The van der Waals surface area contributed by atoms with Crippen molar-refractivity contribution in [2.45, 2.75) is 6.04 Å². The van der Waals surface area contributed by atoms with E-state index in [4.69, 9.17) is 17.4 Å². The van der Waals surface area contributed by atoms with Crippen molar-refractivity contribution in [2.75, 3.05) is 0 Å². The molecule has 1 heterocycles. The molecule has 2 aromatic carbocycles. The number of rotatable bonds is 3. The molecule has 0 spiro atoms. The lowest BCUT2D eigenvalue weighted by Crippen LogP contribution is -2.29. The summed E-state index contributed by atoms with van der Waals surface area (Å²) in [6, 6.07) is 15.7. The summed E-state index contributed by atoms with van der Waals surface area (Å²) in [5.41, 5.74) is 5.76. The van der Waals surface area contributed by atoms with Gasteiger partial charge in [-0.15, -0.1) is 0 Å². The third kappa shape index (κ3) is 2.80. The molecule has 0 aliphatic carbocycles. The summed E-state index contributed by atoms with van der Waals surface area (Å²) in [7, 11) is 0. The zero-order chi connectivity index (χ0) is 14.8. The summed E-state index contributed by atoms with van der Waals surface area (Å²) in [4.78, 5) is 4.33. The molecule has 1 aromatic heterocycles. The highest BCUT2D eigenvalue weighted by Gasteiger charge is 2.17. The second-order valence-corrected chi connectivity index (χ2v) is 5.93. The predicted molar refractivity (Wildman–Crippen MR) is 90.1 cm³/mol. The summed E-state index contributed by atoms with van der Waals surface area (Å²) in [5.74, 6) is 5.76. The highest BCUT2D eigenvalue weighted by molar-refractivity contribution is 9.10. The normalized spacial score (nSPS) is 12.5. The number of nitrogens with one attached hydrogen (secondary N) is 1. The highest BCUT2D eigenvalue weighted by atomic mass is 79.9. The maximum atomic E-state index is 6.38. The molecule has 5 heteroatoms. The minimum atomic E-state index is -0.181. The Bertz CT molecular complexity index is 791. The molecule has 0 bridgehead atoms. The first kappa shape index (κ1) is 14.5. The molecule has 21 heavy (non-hydrogen) atoms. The van der Waals surface area contributed by atoms with E-state index in [1.807, 2.05) is 42.5 Å². The Labute approximate surface area is 136 Å². The molecular weight excluding hydrogens is 350 g/mol.